The first-order valence-corrected chi connectivity index (χ1v) is 8.55. The summed E-state index contributed by atoms with van der Waals surface area (Å²) in [5, 5.41) is 3.57. The molecule has 0 bridgehead atoms. The molecule has 2 aromatic rings. The zero-order valence-electron chi connectivity index (χ0n) is 10.3. The molecule has 1 aromatic heterocycles. The number of aryl methyl sites for hydroxylation is 1. The molecule has 2 rings (SSSR count). The Balaban J connectivity index is 2.39. The maximum absolute atomic E-state index is 3.58. The van der Waals surface area contributed by atoms with Crippen LogP contribution < -0.4 is 5.32 Å². The van der Waals surface area contributed by atoms with Crippen molar-refractivity contribution in [3.8, 4) is 0 Å². The molecule has 1 heterocycles. The van der Waals surface area contributed by atoms with Gasteiger partial charge in [-0.05, 0) is 81.3 Å². The number of halogens is 2. The van der Waals surface area contributed by atoms with Crippen LogP contribution in [0.5, 0.6) is 0 Å². The number of hydrogen-bond acceptors (Lipinski definition) is 2. The third-order valence-electron chi connectivity index (χ3n) is 2.85. The Morgan fingerprint density at radius 1 is 1.33 bits per heavy atom. The van der Waals surface area contributed by atoms with E-state index >= 15 is 0 Å². The fourth-order valence-electron chi connectivity index (χ4n) is 2.01. The monoisotopic (exact) mass is 435 g/mol. The Morgan fingerprint density at radius 2 is 2.00 bits per heavy atom. The number of benzene rings is 1. The fraction of sp³-hybridized carbons (Fsp3) is 0.286. The van der Waals surface area contributed by atoms with Crippen LogP contribution in [-0.2, 0) is 0 Å². The second kappa shape index (κ2) is 6.50. The predicted molar refractivity (Wildman–Crippen MR) is 91.4 cm³/mol. The van der Waals surface area contributed by atoms with Crippen molar-refractivity contribution in [1.82, 2.24) is 5.32 Å². The third kappa shape index (κ3) is 3.35. The summed E-state index contributed by atoms with van der Waals surface area (Å²) in [6, 6.07) is 11.3. The number of nitrogens with one attached hydrogen (secondary N) is 1. The molecule has 1 unspecified atom stereocenters. The topological polar surface area (TPSA) is 12.0 Å². The summed E-state index contributed by atoms with van der Waals surface area (Å²) in [4.78, 5) is 1.37. The molecule has 0 aliphatic heterocycles. The van der Waals surface area contributed by atoms with Gasteiger partial charge in [0.15, 0.2) is 0 Å². The molecular weight excluding hydrogens is 421 g/mol. The molecular formula is C14H15BrINS. The summed E-state index contributed by atoms with van der Waals surface area (Å²) in [7, 11) is 0. The van der Waals surface area contributed by atoms with Gasteiger partial charge in [-0.2, -0.15) is 0 Å². The second-order valence-corrected chi connectivity index (χ2v) is 7.99. The largest absolute Gasteiger partial charge is 0.306 e. The average molecular weight is 436 g/mol. The van der Waals surface area contributed by atoms with Crippen LogP contribution in [0.1, 0.15) is 29.0 Å². The lowest BCUT2D eigenvalue weighted by molar-refractivity contribution is 0.630. The summed E-state index contributed by atoms with van der Waals surface area (Å²) < 4.78 is 2.47. The summed E-state index contributed by atoms with van der Waals surface area (Å²) in [6.07, 6.45) is 0. The second-order valence-electron chi connectivity index (χ2n) is 4.10. The molecule has 0 saturated heterocycles. The van der Waals surface area contributed by atoms with E-state index in [4.69, 9.17) is 0 Å². The van der Waals surface area contributed by atoms with Gasteiger partial charge in [-0.25, -0.2) is 0 Å². The van der Waals surface area contributed by atoms with E-state index in [1.54, 1.807) is 11.3 Å². The van der Waals surface area contributed by atoms with E-state index in [1.165, 1.54) is 23.4 Å². The summed E-state index contributed by atoms with van der Waals surface area (Å²) in [6.45, 7) is 5.29. The zero-order chi connectivity index (χ0) is 13.1. The van der Waals surface area contributed by atoms with Crippen molar-refractivity contribution < 1.29 is 0 Å². The highest BCUT2D eigenvalue weighted by Gasteiger charge is 2.17. The van der Waals surface area contributed by atoms with Gasteiger partial charge in [0.05, 0.1) is 9.83 Å². The van der Waals surface area contributed by atoms with Crippen LogP contribution in [0.3, 0.4) is 0 Å². The number of thiophene rings is 1. The standard InChI is InChI=1S/C14H15BrINS/c1-3-17-14(10-4-6-11(16)7-5-10)12-8-13(15)18-9(12)2/h4-8,14,17H,3H2,1-2H3. The molecule has 1 atom stereocenters. The van der Waals surface area contributed by atoms with E-state index in [9.17, 15) is 0 Å². The quantitative estimate of drug-likeness (QED) is 0.657. The van der Waals surface area contributed by atoms with Crippen LogP contribution in [0.4, 0.5) is 0 Å². The Morgan fingerprint density at radius 3 is 2.50 bits per heavy atom. The summed E-state index contributed by atoms with van der Waals surface area (Å²) in [5.41, 5.74) is 2.69. The minimum absolute atomic E-state index is 0.287. The Labute approximate surface area is 134 Å². The van der Waals surface area contributed by atoms with Gasteiger partial charge in [-0.3, -0.25) is 0 Å². The number of rotatable bonds is 4. The lowest BCUT2D eigenvalue weighted by Crippen LogP contribution is -2.22. The van der Waals surface area contributed by atoms with Crippen LogP contribution in [0, 0.1) is 10.5 Å². The van der Waals surface area contributed by atoms with Crippen LogP contribution in [-0.4, -0.2) is 6.54 Å². The van der Waals surface area contributed by atoms with Gasteiger partial charge in [0.25, 0.3) is 0 Å². The van der Waals surface area contributed by atoms with Gasteiger partial charge in [-0.15, -0.1) is 11.3 Å². The Bertz CT molecular complexity index is 521. The van der Waals surface area contributed by atoms with E-state index in [2.05, 4.69) is 88.0 Å². The lowest BCUT2D eigenvalue weighted by atomic mass is 9.99. The molecule has 1 N–H and O–H groups in total. The smallest absolute Gasteiger partial charge is 0.0704 e. The minimum Gasteiger partial charge on any atom is -0.306 e. The highest BCUT2D eigenvalue weighted by atomic mass is 127. The molecule has 96 valence electrons. The fourth-order valence-corrected chi connectivity index (χ4v) is 4.12. The molecule has 1 aromatic carbocycles. The minimum atomic E-state index is 0.287. The summed E-state index contributed by atoms with van der Waals surface area (Å²) in [5.74, 6) is 0. The molecule has 0 spiro atoms. The van der Waals surface area contributed by atoms with Gasteiger partial charge < -0.3 is 5.32 Å². The molecule has 0 aliphatic carbocycles. The van der Waals surface area contributed by atoms with E-state index in [0.29, 0.717) is 0 Å². The van der Waals surface area contributed by atoms with E-state index in [-0.39, 0.29) is 6.04 Å². The predicted octanol–water partition coefficient (Wildman–Crippen LogP) is 5.12. The maximum atomic E-state index is 3.58. The maximum Gasteiger partial charge on any atom is 0.0704 e. The molecule has 0 amide bonds. The van der Waals surface area contributed by atoms with Crippen LogP contribution in [0.2, 0.25) is 0 Å². The molecule has 0 radical (unpaired) electrons. The van der Waals surface area contributed by atoms with E-state index in [0.717, 1.165) is 6.54 Å². The molecule has 0 aliphatic rings. The van der Waals surface area contributed by atoms with Crippen molar-refractivity contribution in [1.29, 1.82) is 0 Å². The molecule has 4 heteroatoms. The van der Waals surface area contributed by atoms with Gasteiger partial charge in [0, 0.05) is 8.45 Å². The van der Waals surface area contributed by atoms with Gasteiger partial charge >= 0.3 is 0 Å². The molecule has 0 saturated carbocycles. The average Bonchev–Trinajstić information content (AvgIpc) is 2.67. The van der Waals surface area contributed by atoms with Crippen molar-refractivity contribution in [2.45, 2.75) is 19.9 Å². The highest BCUT2D eigenvalue weighted by Crippen LogP contribution is 2.33. The zero-order valence-corrected chi connectivity index (χ0v) is 14.9. The first-order chi connectivity index (χ1) is 8.61. The molecule has 1 nitrogen and oxygen atoms in total. The SMILES string of the molecule is CCNC(c1ccc(I)cc1)c1cc(Br)sc1C. The van der Waals surface area contributed by atoms with Crippen LogP contribution >= 0.6 is 49.9 Å². The molecule has 0 fully saturated rings. The first-order valence-electron chi connectivity index (χ1n) is 5.86. The van der Waals surface area contributed by atoms with Crippen molar-refractivity contribution in [2.75, 3.05) is 6.54 Å². The normalized spacial score (nSPS) is 12.7. The van der Waals surface area contributed by atoms with Gasteiger partial charge in [-0.1, -0.05) is 19.1 Å². The van der Waals surface area contributed by atoms with E-state index in [1.807, 2.05) is 0 Å². The number of hydrogen-bond donors (Lipinski definition) is 1. The summed E-state index contributed by atoms with van der Waals surface area (Å²) >= 11 is 7.71. The Kier molecular flexibility index (Phi) is 5.24. The lowest BCUT2D eigenvalue weighted by Gasteiger charge is -2.18. The van der Waals surface area contributed by atoms with Crippen molar-refractivity contribution in [2.24, 2.45) is 0 Å². The van der Waals surface area contributed by atoms with Crippen LogP contribution in [0.25, 0.3) is 0 Å². The van der Waals surface area contributed by atoms with Crippen LogP contribution in [0.15, 0.2) is 34.1 Å². The van der Waals surface area contributed by atoms with Gasteiger partial charge in [0.2, 0.25) is 0 Å². The van der Waals surface area contributed by atoms with E-state index < -0.39 is 0 Å². The Hall–Kier alpha value is 0.0900. The first kappa shape index (κ1) is 14.5. The van der Waals surface area contributed by atoms with Crippen molar-refractivity contribution in [3.05, 3.63) is 53.7 Å². The highest BCUT2D eigenvalue weighted by molar-refractivity contribution is 14.1. The van der Waals surface area contributed by atoms with Crippen molar-refractivity contribution >= 4 is 49.9 Å². The molecule has 18 heavy (non-hydrogen) atoms. The van der Waals surface area contributed by atoms with Gasteiger partial charge in [0.1, 0.15) is 0 Å². The van der Waals surface area contributed by atoms with Crippen molar-refractivity contribution in [3.63, 3.8) is 0 Å². The third-order valence-corrected chi connectivity index (χ3v) is 5.14.